The second kappa shape index (κ2) is 8.14. The quantitative estimate of drug-likeness (QED) is 0.874. The first-order valence-electron chi connectivity index (χ1n) is 7.30. The summed E-state index contributed by atoms with van der Waals surface area (Å²) in [5.41, 5.74) is 1.79. The van der Waals surface area contributed by atoms with Crippen molar-refractivity contribution >= 4 is 29.1 Å². The molecule has 2 N–H and O–H groups in total. The number of hydrogen-bond acceptors (Lipinski definition) is 3. The van der Waals surface area contributed by atoms with Crippen LogP contribution in [0.1, 0.15) is 30.5 Å². The van der Waals surface area contributed by atoms with Crippen LogP contribution in [0.3, 0.4) is 0 Å². The Morgan fingerprint density at radius 3 is 2.54 bits per heavy atom. The molecule has 2 amide bonds. The number of nitrogens with zero attached hydrogens (tertiary/aromatic N) is 1. The molecule has 0 bridgehead atoms. The molecular weight excluding hydrogens is 326 g/mol. The maximum Gasteiger partial charge on any atom is 0.226 e. The minimum Gasteiger partial charge on any atom is -0.349 e. The van der Waals surface area contributed by atoms with Crippen LogP contribution >= 0.6 is 11.6 Å². The monoisotopic (exact) mass is 341 g/mol. The standard InChI is InChI=1S/C18H16ClN3O2/c1-12(23)21-17(14-5-7-15(19)8-6-14)10-18(24)22-16-4-2-3-13(9-16)11-20/h2-9,17H,10H2,1H3,(H,21,23)(H,22,24). The molecule has 0 aliphatic heterocycles. The van der Waals surface area contributed by atoms with E-state index < -0.39 is 6.04 Å². The molecule has 2 rings (SSSR count). The predicted octanol–water partition coefficient (Wildman–Crippen LogP) is 3.42. The Balaban J connectivity index is 2.10. The van der Waals surface area contributed by atoms with Gasteiger partial charge in [-0.3, -0.25) is 9.59 Å². The topological polar surface area (TPSA) is 82.0 Å². The summed E-state index contributed by atoms with van der Waals surface area (Å²) in [7, 11) is 0. The lowest BCUT2D eigenvalue weighted by atomic mass is 10.0. The van der Waals surface area contributed by atoms with Gasteiger partial charge >= 0.3 is 0 Å². The molecule has 0 aliphatic carbocycles. The van der Waals surface area contributed by atoms with Gasteiger partial charge in [0.05, 0.1) is 24.1 Å². The molecule has 1 unspecified atom stereocenters. The molecule has 1 atom stereocenters. The molecule has 122 valence electrons. The molecule has 0 aromatic heterocycles. The number of carbonyl (C=O) groups excluding carboxylic acids is 2. The van der Waals surface area contributed by atoms with Gasteiger partial charge in [-0.2, -0.15) is 5.26 Å². The summed E-state index contributed by atoms with van der Waals surface area (Å²) in [6, 6.07) is 15.2. The van der Waals surface area contributed by atoms with Gasteiger partial charge in [-0.1, -0.05) is 29.8 Å². The highest BCUT2D eigenvalue weighted by atomic mass is 35.5. The van der Waals surface area contributed by atoms with Crippen molar-refractivity contribution in [3.63, 3.8) is 0 Å². The average molecular weight is 342 g/mol. The summed E-state index contributed by atoms with van der Waals surface area (Å²) in [4.78, 5) is 23.7. The second-order valence-electron chi connectivity index (χ2n) is 5.25. The Kier molecular flexibility index (Phi) is 5.94. The summed E-state index contributed by atoms with van der Waals surface area (Å²) in [6.07, 6.45) is 0.0675. The van der Waals surface area contributed by atoms with E-state index in [9.17, 15) is 9.59 Å². The fraction of sp³-hybridized carbons (Fsp3) is 0.167. The minimum atomic E-state index is -0.459. The number of nitrogens with one attached hydrogen (secondary N) is 2. The van der Waals surface area contributed by atoms with Crippen molar-refractivity contribution in [1.29, 1.82) is 5.26 Å². The highest BCUT2D eigenvalue weighted by molar-refractivity contribution is 6.30. The van der Waals surface area contributed by atoms with Crippen LogP contribution in [0.4, 0.5) is 5.69 Å². The van der Waals surface area contributed by atoms with E-state index in [1.807, 2.05) is 6.07 Å². The molecule has 0 aliphatic rings. The number of anilines is 1. The minimum absolute atomic E-state index is 0.0675. The van der Waals surface area contributed by atoms with E-state index in [4.69, 9.17) is 16.9 Å². The van der Waals surface area contributed by atoms with E-state index in [1.54, 1.807) is 48.5 Å². The zero-order valence-corrected chi connectivity index (χ0v) is 13.8. The fourth-order valence-electron chi connectivity index (χ4n) is 2.26. The lowest BCUT2D eigenvalue weighted by molar-refractivity contribution is -0.120. The SMILES string of the molecule is CC(=O)NC(CC(=O)Nc1cccc(C#N)c1)c1ccc(Cl)cc1. The van der Waals surface area contributed by atoms with Gasteiger partial charge in [0, 0.05) is 17.6 Å². The molecule has 0 fully saturated rings. The van der Waals surface area contributed by atoms with Crippen molar-refractivity contribution in [3.05, 3.63) is 64.7 Å². The third kappa shape index (κ3) is 5.11. The van der Waals surface area contributed by atoms with E-state index in [0.717, 1.165) is 5.56 Å². The molecule has 0 heterocycles. The lowest BCUT2D eigenvalue weighted by Crippen LogP contribution is -2.29. The Bertz CT molecular complexity index is 782. The summed E-state index contributed by atoms with van der Waals surface area (Å²) in [5, 5.41) is 15.0. The van der Waals surface area contributed by atoms with Crippen molar-refractivity contribution in [3.8, 4) is 6.07 Å². The molecule has 0 radical (unpaired) electrons. The number of carbonyl (C=O) groups is 2. The van der Waals surface area contributed by atoms with Crippen LogP contribution in [-0.4, -0.2) is 11.8 Å². The molecule has 6 heteroatoms. The normalized spacial score (nSPS) is 11.2. The first-order valence-corrected chi connectivity index (χ1v) is 7.68. The maximum atomic E-state index is 12.3. The molecule has 0 spiro atoms. The van der Waals surface area contributed by atoms with Crippen molar-refractivity contribution < 1.29 is 9.59 Å². The third-order valence-electron chi connectivity index (χ3n) is 3.31. The highest BCUT2D eigenvalue weighted by Crippen LogP contribution is 2.20. The summed E-state index contributed by atoms with van der Waals surface area (Å²) < 4.78 is 0. The fourth-order valence-corrected chi connectivity index (χ4v) is 2.38. The Morgan fingerprint density at radius 1 is 1.21 bits per heavy atom. The van der Waals surface area contributed by atoms with Crippen LogP contribution in [0, 0.1) is 11.3 Å². The molecule has 0 saturated carbocycles. The number of hydrogen-bond donors (Lipinski definition) is 2. The van der Waals surface area contributed by atoms with Crippen LogP contribution < -0.4 is 10.6 Å². The largest absolute Gasteiger partial charge is 0.349 e. The van der Waals surface area contributed by atoms with Gasteiger partial charge in [0.15, 0.2) is 0 Å². The maximum absolute atomic E-state index is 12.3. The Morgan fingerprint density at radius 2 is 1.92 bits per heavy atom. The van der Waals surface area contributed by atoms with E-state index in [1.165, 1.54) is 6.92 Å². The third-order valence-corrected chi connectivity index (χ3v) is 3.57. The summed E-state index contributed by atoms with van der Waals surface area (Å²) in [6.45, 7) is 1.40. The smallest absolute Gasteiger partial charge is 0.226 e. The number of halogens is 1. The molecule has 24 heavy (non-hydrogen) atoms. The van der Waals surface area contributed by atoms with Gasteiger partial charge in [0.25, 0.3) is 0 Å². The van der Waals surface area contributed by atoms with Crippen LogP contribution in [0.15, 0.2) is 48.5 Å². The molecular formula is C18H16ClN3O2. The van der Waals surface area contributed by atoms with Crippen LogP contribution in [0.25, 0.3) is 0 Å². The van der Waals surface area contributed by atoms with Crippen LogP contribution in [-0.2, 0) is 9.59 Å². The lowest BCUT2D eigenvalue weighted by Gasteiger charge is -2.18. The molecule has 2 aromatic rings. The van der Waals surface area contributed by atoms with Gasteiger partial charge in [-0.25, -0.2) is 0 Å². The predicted molar refractivity (Wildman–Crippen MR) is 92.4 cm³/mol. The van der Waals surface area contributed by atoms with Crippen molar-refractivity contribution in [1.82, 2.24) is 5.32 Å². The Hall–Kier alpha value is -2.84. The molecule has 5 nitrogen and oxygen atoms in total. The van der Waals surface area contributed by atoms with E-state index in [2.05, 4.69) is 10.6 Å². The zero-order valence-electron chi connectivity index (χ0n) is 13.0. The van der Waals surface area contributed by atoms with Crippen molar-refractivity contribution in [2.75, 3.05) is 5.32 Å². The van der Waals surface area contributed by atoms with Crippen molar-refractivity contribution in [2.24, 2.45) is 0 Å². The number of rotatable bonds is 5. The summed E-state index contributed by atoms with van der Waals surface area (Å²) in [5.74, 6) is -0.493. The van der Waals surface area contributed by atoms with Gasteiger partial charge < -0.3 is 10.6 Å². The van der Waals surface area contributed by atoms with Crippen molar-refractivity contribution in [2.45, 2.75) is 19.4 Å². The van der Waals surface area contributed by atoms with Gasteiger partial charge in [0.2, 0.25) is 11.8 Å². The number of nitriles is 1. The number of benzene rings is 2. The second-order valence-corrected chi connectivity index (χ2v) is 5.69. The first kappa shape index (κ1) is 17.5. The summed E-state index contributed by atoms with van der Waals surface area (Å²) >= 11 is 5.87. The van der Waals surface area contributed by atoms with Gasteiger partial charge in [0.1, 0.15) is 0 Å². The van der Waals surface area contributed by atoms with Gasteiger partial charge in [-0.15, -0.1) is 0 Å². The zero-order chi connectivity index (χ0) is 17.5. The molecule has 0 saturated heterocycles. The van der Waals surface area contributed by atoms with Crippen LogP contribution in [0.5, 0.6) is 0 Å². The Labute approximate surface area is 145 Å². The average Bonchev–Trinajstić information content (AvgIpc) is 2.54. The number of amides is 2. The molecule has 2 aromatic carbocycles. The highest BCUT2D eigenvalue weighted by Gasteiger charge is 2.17. The van der Waals surface area contributed by atoms with E-state index in [-0.39, 0.29) is 18.2 Å². The van der Waals surface area contributed by atoms with Gasteiger partial charge in [-0.05, 0) is 35.9 Å². The van der Waals surface area contributed by atoms with Crippen LogP contribution in [0.2, 0.25) is 5.02 Å². The first-order chi connectivity index (χ1) is 11.5. The van der Waals surface area contributed by atoms with E-state index in [0.29, 0.717) is 16.3 Å². The van der Waals surface area contributed by atoms with E-state index >= 15 is 0 Å².